The van der Waals surface area contributed by atoms with Crippen LogP contribution in [0.1, 0.15) is 17.5 Å². The van der Waals surface area contributed by atoms with Crippen LogP contribution in [-0.2, 0) is 22.1 Å². The van der Waals surface area contributed by atoms with E-state index in [0.29, 0.717) is 24.5 Å². The van der Waals surface area contributed by atoms with Gasteiger partial charge in [0, 0.05) is 32.2 Å². The third-order valence-electron chi connectivity index (χ3n) is 4.05. The number of hydrogen-bond donors (Lipinski definition) is 1. The lowest BCUT2D eigenvalue weighted by molar-refractivity contribution is 0.476. The summed E-state index contributed by atoms with van der Waals surface area (Å²) >= 11 is 5.91. The number of sulfone groups is 1. The molecular formula is C20H26ClN3O2S. The van der Waals surface area contributed by atoms with Crippen LogP contribution in [0.2, 0.25) is 5.02 Å². The third kappa shape index (κ3) is 7.61. The Labute approximate surface area is 167 Å². The lowest BCUT2D eigenvalue weighted by Crippen LogP contribution is -2.39. The predicted molar refractivity (Wildman–Crippen MR) is 113 cm³/mol. The van der Waals surface area contributed by atoms with Crippen LogP contribution in [0.4, 0.5) is 0 Å². The first-order valence-corrected chi connectivity index (χ1v) is 11.0. The number of nitrogens with one attached hydrogen (secondary N) is 1. The minimum absolute atomic E-state index is 0.0824. The molecule has 0 bridgehead atoms. The summed E-state index contributed by atoms with van der Waals surface area (Å²) in [7, 11) is 0.538. The quantitative estimate of drug-likeness (QED) is 0.414. The second kappa shape index (κ2) is 10.3. The highest BCUT2D eigenvalue weighted by molar-refractivity contribution is 7.90. The fraction of sp³-hybridized carbons (Fsp3) is 0.350. The van der Waals surface area contributed by atoms with Crippen LogP contribution in [0.3, 0.4) is 0 Å². The van der Waals surface area contributed by atoms with E-state index in [1.165, 1.54) is 0 Å². The minimum atomic E-state index is -3.12. The van der Waals surface area contributed by atoms with Gasteiger partial charge in [-0.1, -0.05) is 54.1 Å². The maximum Gasteiger partial charge on any atom is 0.193 e. The largest absolute Gasteiger partial charge is 0.356 e. The lowest BCUT2D eigenvalue weighted by Gasteiger charge is -2.22. The molecular weight excluding hydrogens is 382 g/mol. The van der Waals surface area contributed by atoms with Crippen molar-refractivity contribution in [3.63, 3.8) is 0 Å². The van der Waals surface area contributed by atoms with Gasteiger partial charge in [0.15, 0.2) is 15.8 Å². The van der Waals surface area contributed by atoms with Crippen molar-refractivity contribution >= 4 is 27.4 Å². The molecule has 2 rings (SSSR count). The molecule has 146 valence electrons. The summed E-state index contributed by atoms with van der Waals surface area (Å²) < 4.78 is 24.5. The van der Waals surface area contributed by atoms with Crippen LogP contribution in [0.15, 0.2) is 59.6 Å². The third-order valence-corrected chi connectivity index (χ3v) is 5.99. The molecule has 0 aliphatic rings. The van der Waals surface area contributed by atoms with Gasteiger partial charge in [-0.05, 0) is 29.7 Å². The van der Waals surface area contributed by atoms with E-state index in [4.69, 9.17) is 11.6 Å². The standard InChI is InChI=1S/C20H26ClN3O2S/c1-22-20(24(2)15-17-9-11-19(21)12-10-17)23-13-6-14-27(25,26)16-18-7-4-3-5-8-18/h3-5,7-12H,6,13-16H2,1-2H3,(H,22,23). The van der Waals surface area contributed by atoms with Crippen LogP contribution >= 0.6 is 11.6 Å². The van der Waals surface area contributed by atoms with Crippen LogP contribution < -0.4 is 5.32 Å². The van der Waals surface area contributed by atoms with Gasteiger partial charge in [-0.3, -0.25) is 4.99 Å². The van der Waals surface area contributed by atoms with Crippen LogP contribution in [0.25, 0.3) is 0 Å². The molecule has 5 nitrogen and oxygen atoms in total. The lowest BCUT2D eigenvalue weighted by atomic mass is 10.2. The average molecular weight is 408 g/mol. The molecule has 1 N–H and O–H groups in total. The molecule has 0 saturated carbocycles. The van der Waals surface area contributed by atoms with E-state index in [9.17, 15) is 8.42 Å². The van der Waals surface area contributed by atoms with Gasteiger partial charge in [0.25, 0.3) is 0 Å². The average Bonchev–Trinajstić information content (AvgIpc) is 2.64. The van der Waals surface area contributed by atoms with E-state index in [1.807, 2.05) is 66.5 Å². The van der Waals surface area contributed by atoms with Crippen LogP contribution in [0, 0.1) is 0 Å². The first kappa shape index (κ1) is 21.3. The maximum atomic E-state index is 12.2. The fourth-order valence-corrected chi connectivity index (χ4v) is 4.27. The van der Waals surface area contributed by atoms with Gasteiger partial charge in [0.2, 0.25) is 0 Å². The van der Waals surface area contributed by atoms with E-state index in [2.05, 4.69) is 10.3 Å². The van der Waals surface area contributed by atoms with Gasteiger partial charge in [-0.25, -0.2) is 8.42 Å². The van der Waals surface area contributed by atoms with Crippen molar-refractivity contribution in [2.75, 3.05) is 26.4 Å². The molecule has 0 aliphatic heterocycles. The Kier molecular flexibility index (Phi) is 8.13. The summed E-state index contributed by atoms with van der Waals surface area (Å²) in [6, 6.07) is 16.9. The van der Waals surface area contributed by atoms with E-state index >= 15 is 0 Å². The smallest absolute Gasteiger partial charge is 0.193 e. The van der Waals surface area contributed by atoms with Crippen molar-refractivity contribution in [2.24, 2.45) is 4.99 Å². The Morgan fingerprint density at radius 3 is 2.37 bits per heavy atom. The molecule has 2 aromatic rings. The Morgan fingerprint density at radius 1 is 1.07 bits per heavy atom. The highest BCUT2D eigenvalue weighted by Gasteiger charge is 2.12. The van der Waals surface area contributed by atoms with E-state index in [1.54, 1.807) is 7.05 Å². The zero-order chi connectivity index (χ0) is 19.7. The van der Waals surface area contributed by atoms with Crippen molar-refractivity contribution in [3.05, 3.63) is 70.7 Å². The maximum absolute atomic E-state index is 12.2. The first-order chi connectivity index (χ1) is 12.9. The highest BCUT2D eigenvalue weighted by atomic mass is 35.5. The van der Waals surface area contributed by atoms with Crippen molar-refractivity contribution in [3.8, 4) is 0 Å². The second-order valence-corrected chi connectivity index (χ2v) is 9.01. The summed E-state index contributed by atoms with van der Waals surface area (Å²) in [5, 5.41) is 3.93. The summed E-state index contributed by atoms with van der Waals surface area (Å²) in [4.78, 5) is 6.25. The summed E-state index contributed by atoms with van der Waals surface area (Å²) in [5.74, 6) is 0.955. The van der Waals surface area contributed by atoms with Crippen LogP contribution in [0.5, 0.6) is 0 Å². The van der Waals surface area contributed by atoms with Gasteiger partial charge in [0.05, 0.1) is 11.5 Å². The molecule has 0 radical (unpaired) electrons. The molecule has 0 amide bonds. The predicted octanol–water partition coefficient (Wildman–Crippen LogP) is 3.35. The molecule has 0 heterocycles. The Morgan fingerprint density at radius 2 is 1.74 bits per heavy atom. The number of aliphatic imine (C=N–C) groups is 1. The molecule has 7 heteroatoms. The van der Waals surface area contributed by atoms with Gasteiger partial charge in [-0.15, -0.1) is 0 Å². The molecule has 0 unspecified atom stereocenters. The van der Waals surface area contributed by atoms with E-state index < -0.39 is 9.84 Å². The van der Waals surface area contributed by atoms with E-state index in [0.717, 1.165) is 17.1 Å². The first-order valence-electron chi connectivity index (χ1n) is 8.80. The zero-order valence-corrected chi connectivity index (χ0v) is 17.3. The zero-order valence-electron chi connectivity index (χ0n) is 15.7. The molecule has 2 aromatic carbocycles. The van der Waals surface area contributed by atoms with Gasteiger partial charge < -0.3 is 10.2 Å². The van der Waals surface area contributed by atoms with Gasteiger partial charge >= 0.3 is 0 Å². The van der Waals surface area contributed by atoms with E-state index in [-0.39, 0.29) is 11.5 Å². The van der Waals surface area contributed by atoms with Gasteiger partial charge in [-0.2, -0.15) is 0 Å². The number of hydrogen-bond acceptors (Lipinski definition) is 3. The normalized spacial score (nSPS) is 12.0. The van der Waals surface area contributed by atoms with Crippen molar-refractivity contribution in [1.29, 1.82) is 0 Å². The number of nitrogens with zero attached hydrogens (tertiary/aromatic N) is 2. The Bertz CT molecular complexity index is 837. The molecule has 0 fully saturated rings. The molecule has 0 saturated heterocycles. The second-order valence-electron chi connectivity index (χ2n) is 6.39. The summed E-state index contributed by atoms with van der Waals surface area (Å²) in [6.07, 6.45) is 0.531. The van der Waals surface area contributed by atoms with Crippen LogP contribution in [-0.4, -0.2) is 45.7 Å². The Balaban J connectivity index is 1.77. The SMILES string of the molecule is CN=C(NCCCS(=O)(=O)Cc1ccccc1)N(C)Cc1ccc(Cl)cc1. The van der Waals surface area contributed by atoms with Crippen molar-refractivity contribution in [2.45, 2.75) is 18.7 Å². The number of halogens is 1. The number of rotatable bonds is 8. The summed E-state index contributed by atoms with van der Waals surface area (Å²) in [5.41, 5.74) is 1.94. The van der Waals surface area contributed by atoms with Crippen molar-refractivity contribution in [1.82, 2.24) is 10.2 Å². The number of benzene rings is 2. The van der Waals surface area contributed by atoms with Crippen molar-refractivity contribution < 1.29 is 8.42 Å². The molecule has 0 aromatic heterocycles. The highest BCUT2D eigenvalue weighted by Crippen LogP contribution is 2.11. The summed E-state index contributed by atoms with van der Waals surface area (Å²) in [6.45, 7) is 1.23. The monoisotopic (exact) mass is 407 g/mol. The molecule has 0 spiro atoms. The molecule has 0 atom stereocenters. The fourth-order valence-electron chi connectivity index (χ4n) is 2.72. The topological polar surface area (TPSA) is 61.8 Å². The minimum Gasteiger partial charge on any atom is -0.356 e. The van der Waals surface area contributed by atoms with Gasteiger partial charge in [0.1, 0.15) is 0 Å². The number of guanidine groups is 1. The Hall–Kier alpha value is -2.05. The molecule has 27 heavy (non-hydrogen) atoms. The molecule has 0 aliphatic carbocycles.